The highest BCUT2D eigenvalue weighted by Gasteiger charge is 2.23. The van der Waals surface area contributed by atoms with Crippen molar-refractivity contribution in [1.29, 1.82) is 0 Å². The topological polar surface area (TPSA) is 57.6 Å². The third-order valence-electron chi connectivity index (χ3n) is 3.06. The van der Waals surface area contributed by atoms with Gasteiger partial charge in [0.1, 0.15) is 9.84 Å². The lowest BCUT2D eigenvalue weighted by Gasteiger charge is -2.33. The van der Waals surface area contributed by atoms with Crippen molar-refractivity contribution in [3.05, 3.63) is 0 Å². The molecule has 0 aromatic heterocycles. The Morgan fingerprint density at radius 1 is 1.40 bits per heavy atom. The molecule has 0 aromatic rings. The monoisotopic (exact) mass is 235 g/mol. The van der Waals surface area contributed by atoms with Crippen LogP contribution >= 0.6 is 0 Å². The van der Waals surface area contributed by atoms with Gasteiger partial charge in [-0.25, -0.2) is 8.42 Å². The molecule has 2 atom stereocenters. The van der Waals surface area contributed by atoms with Crippen molar-refractivity contribution in [3.63, 3.8) is 0 Å². The Morgan fingerprint density at radius 2 is 2.07 bits per heavy atom. The lowest BCUT2D eigenvalue weighted by atomic mass is 9.92. The minimum atomic E-state index is -2.88. The first-order valence-electron chi connectivity index (χ1n) is 5.44. The van der Waals surface area contributed by atoms with E-state index in [1.54, 1.807) is 0 Å². The molecular weight excluding hydrogens is 214 g/mol. The molecule has 5 heteroatoms. The van der Waals surface area contributed by atoms with Crippen LogP contribution in [0, 0.1) is 0 Å². The highest BCUT2D eigenvalue weighted by atomic mass is 32.2. The molecule has 0 amide bonds. The van der Waals surface area contributed by atoms with Crippen molar-refractivity contribution >= 4 is 9.84 Å². The zero-order valence-electron chi connectivity index (χ0n) is 9.52. The van der Waals surface area contributed by atoms with E-state index in [2.05, 4.69) is 4.90 Å². The van der Waals surface area contributed by atoms with Crippen molar-refractivity contribution in [1.82, 2.24) is 4.90 Å². The summed E-state index contributed by atoms with van der Waals surface area (Å²) in [6.45, 7) is 0.566. The lowest BCUT2D eigenvalue weighted by molar-refractivity contribution is 0.0752. The summed E-state index contributed by atoms with van der Waals surface area (Å²) in [7, 11) is -0.937. The maximum absolute atomic E-state index is 11.0. The number of nitrogens with zero attached hydrogens (tertiary/aromatic N) is 1. The van der Waals surface area contributed by atoms with E-state index in [0.29, 0.717) is 12.6 Å². The predicted octanol–water partition coefficient (Wildman–Crippen LogP) is 0.266. The number of rotatable bonds is 4. The molecule has 1 fully saturated rings. The van der Waals surface area contributed by atoms with Crippen molar-refractivity contribution in [2.24, 2.45) is 0 Å². The number of sulfone groups is 1. The fourth-order valence-electron chi connectivity index (χ4n) is 2.03. The van der Waals surface area contributed by atoms with E-state index in [1.165, 1.54) is 6.26 Å². The predicted molar refractivity (Wildman–Crippen MR) is 60.6 cm³/mol. The average molecular weight is 235 g/mol. The quantitative estimate of drug-likeness (QED) is 0.760. The molecule has 0 spiro atoms. The van der Waals surface area contributed by atoms with Crippen LogP contribution in [0.5, 0.6) is 0 Å². The SMILES string of the molecule is CN(CCS(C)(=O)=O)C1CCCC(O)C1. The van der Waals surface area contributed by atoms with Crippen LogP contribution in [-0.2, 0) is 9.84 Å². The van der Waals surface area contributed by atoms with Crippen molar-refractivity contribution in [3.8, 4) is 0 Å². The van der Waals surface area contributed by atoms with Gasteiger partial charge in [-0.1, -0.05) is 0 Å². The average Bonchev–Trinajstić information content (AvgIpc) is 2.13. The van der Waals surface area contributed by atoms with Gasteiger partial charge in [0.25, 0.3) is 0 Å². The molecule has 1 aliphatic carbocycles. The van der Waals surface area contributed by atoms with Crippen molar-refractivity contribution in [2.45, 2.75) is 37.8 Å². The van der Waals surface area contributed by atoms with Crippen LogP contribution in [-0.4, -0.2) is 56.2 Å². The first-order valence-corrected chi connectivity index (χ1v) is 7.50. The summed E-state index contributed by atoms with van der Waals surface area (Å²) in [6, 6.07) is 0.343. The summed E-state index contributed by atoms with van der Waals surface area (Å²) in [4.78, 5) is 2.06. The maximum Gasteiger partial charge on any atom is 0.148 e. The van der Waals surface area contributed by atoms with Gasteiger partial charge in [0.15, 0.2) is 0 Å². The Bertz CT molecular complexity index is 289. The Hall–Kier alpha value is -0.130. The molecule has 4 nitrogen and oxygen atoms in total. The van der Waals surface area contributed by atoms with E-state index < -0.39 is 9.84 Å². The molecule has 0 heterocycles. The maximum atomic E-state index is 11.0. The highest BCUT2D eigenvalue weighted by Crippen LogP contribution is 2.21. The van der Waals surface area contributed by atoms with Crippen LogP contribution in [0.2, 0.25) is 0 Å². The molecular formula is C10H21NO3S. The smallest absolute Gasteiger partial charge is 0.148 e. The number of aliphatic hydroxyl groups is 1. The second-order valence-corrected chi connectivity index (χ2v) is 6.84. The first kappa shape index (κ1) is 12.9. The van der Waals surface area contributed by atoms with E-state index in [9.17, 15) is 13.5 Å². The van der Waals surface area contributed by atoms with Crippen molar-refractivity contribution < 1.29 is 13.5 Å². The molecule has 0 bridgehead atoms. The molecule has 1 saturated carbocycles. The van der Waals surface area contributed by atoms with Crippen LogP contribution in [0.3, 0.4) is 0 Å². The van der Waals surface area contributed by atoms with Crippen molar-refractivity contribution in [2.75, 3.05) is 25.6 Å². The fraction of sp³-hybridized carbons (Fsp3) is 1.00. The van der Waals surface area contributed by atoms with Gasteiger partial charge >= 0.3 is 0 Å². The Kier molecular flexibility index (Phi) is 4.55. The molecule has 90 valence electrons. The molecule has 1 aliphatic rings. The van der Waals surface area contributed by atoms with Crippen LogP contribution < -0.4 is 0 Å². The zero-order chi connectivity index (χ0) is 11.5. The summed E-state index contributed by atoms with van der Waals surface area (Å²) in [6.07, 6.45) is 4.82. The van der Waals surface area contributed by atoms with Crippen LogP contribution in [0.25, 0.3) is 0 Å². The van der Waals surface area contributed by atoms with Gasteiger partial charge in [0.2, 0.25) is 0 Å². The summed E-state index contributed by atoms with van der Waals surface area (Å²) in [5.41, 5.74) is 0. The van der Waals surface area contributed by atoms with Gasteiger partial charge in [-0.3, -0.25) is 0 Å². The van der Waals surface area contributed by atoms with E-state index in [-0.39, 0.29) is 11.9 Å². The third-order valence-corrected chi connectivity index (χ3v) is 3.98. The second-order valence-electron chi connectivity index (χ2n) is 4.58. The Labute approximate surface area is 92.2 Å². The minimum absolute atomic E-state index is 0.204. The lowest BCUT2D eigenvalue weighted by Crippen LogP contribution is -2.39. The molecule has 1 rings (SSSR count). The molecule has 0 aliphatic heterocycles. The largest absolute Gasteiger partial charge is 0.393 e. The van der Waals surface area contributed by atoms with Gasteiger partial charge in [0.05, 0.1) is 11.9 Å². The summed E-state index contributed by atoms with van der Waals surface area (Å²) < 4.78 is 22.0. The van der Waals surface area contributed by atoms with E-state index in [4.69, 9.17) is 0 Å². The number of aliphatic hydroxyl groups excluding tert-OH is 1. The molecule has 0 aromatic carbocycles. The standard InChI is InChI=1S/C10H21NO3S/c1-11(6-7-15(2,13)14)9-4-3-5-10(12)8-9/h9-10,12H,3-8H2,1-2H3. The summed E-state index contributed by atoms with van der Waals surface area (Å²) in [5.74, 6) is 0.204. The first-order chi connectivity index (χ1) is 6.88. The second kappa shape index (κ2) is 5.27. The minimum Gasteiger partial charge on any atom is -0.393 e. The van der Waals surface area contributed by atoms with E-state index in [1.807, 2.05) is 7.05 Å². The fourth-order valence-corrected chi connectivity index (χ4v) is 2.65. The summed E-state index contributed by atoms with van der Waals surface area (Å²) >= 11 is 0. The summed E-state index contributed by atoms with van der Waals surface area (Å²) in [5, 5.41) is 9.51. The zero-order valence-corrected chi connectivity index (χ0v) is 10.3. The van der Waals surface area contributed by atoms with Gasteiger partial charge in [-0.15, -0.1) is 0 Å². The van der Waals surface area contributed by atoms with Gasteiger partial charge in [-0.2, -0.15) is 0 Å². The van der Waals surface area contributed by atoms with Gasteiger partial charge < -0.3 is 10.0 Å². The molecule has 0 radical (unpaired) electrons. The Morgan fingerprint density at radius 3 is 2.60 bits per heavy atom. The molecule has 0 saturated heterocycles. The van der Waals surface area contributed by atoms with E-state index in [0.717, 1.165) is 25.7 Å². The van der Waals surface area contributed by atoms with Crippen LogP contribution in [0.1, 0.15) is 25.7 Å². The number of hydrogen-bond donors (Lipinski definition) is 1. The highest BCUT2D eigenvalue weighted by molar-refractivity contribution is 7.90. The Balaban J connectivity index is 2.36. The van der Waals surface area contributed by atoms with Crippen LogP contribution in [0.15, 0.2) is 0 Å². The third kappa shape index (κ3) is 4.95. The van der Waals surface area contributed by atoms with E-state index >= 15 is 0 Å². The molecule has 1 N–H and O–H groups in total. The molecule has 15 heavy (non-hydrogen) atoms. The normalized spacial score (nSPS) is 28.3. The van der Waals surface area contributed by atoms with Crippen LogP contribution in [0.4, 0.5) is 0 Å². The van der Waals surface area contributed by atoms with Gasteiger partial charge in [0, 0.05) is 18.8 Å². The number of hydrogen-bond acceptors (Lipinski definition) is 4. The molecule has 2 unspecified atom stereocenters. The van der Waals surface area contributed by atoms with Gasteiger partial charge in [-0.05, 0) is 32.7 Å².